The van der Waals surface area contributed by atoms with Crippen molar-refractivity contribution >= 4 is 21.9 Å². The number of nitriles is 1. The van der Waals surface area contributed by atoms with E-state index in [0.29, 0.717) is 13.2 Å². The highest BCUT2D eigenvalue weighted by atomic mass is 28.3. The summed E-state index contributed by atoms with van der Waals surface area (Å²) < 4.78 is 7.93. The number of nitrogens with zero attached hydrogens (tertiary/aromatic N) is 3. The second-order valence-corrected chi connectivity index (χ2v) is 20.5. The quantitative estimate of drug-likeness (QED) is 0.478. The van der Waals surface area contributed by atoms with E-state index in [1.165, 1.54) is 0 Å². The summed E-state index contributed by atoms with van der Waals surface area (Å²) in [6, 6.07) is 3.20. The lowest BCUT2D eigenvalue weighted by atomic mass is 9.92. The maximum atomic E-state index is 12.0. The summed E-state index contributed by atoms with van der Waals surface area (Å²) in [6.07, 6.45) is 9.84. The van der Waals surface area contributed by atoms with Gasteiger partial charge in [0.1, 0.15) is 18.6 Å². The van der Waals surface area contributed by atoms with Gasteiger partial charge in [-0.1, -0.05) is 51.4 Å². The minimum atomic E-state index is -1.79. The highest BCUT2D eigenvalue weighted by molar-refractivity contribution is 6.80. The maximum Gasteiger partial charge on any atom is 0.195 e. The van der Waals surface area contributed by atoms with Crippen LogP contribution in [-0.2, 0) is 22.7 Å². The van der Waals surface area contributed by atoms with Gasteiger partial charge in [-0.05, 0) is 12.1 Å². The lowest BCUT2D eigenvalue weighted by Gasteiger charge is -2.40. The topological polar surface area (TPSA) is 67.9 Å². The molecule has 0 aliphatic heterocycles. The first-order valence-corrected chi connectivity index (χ1v) is 16.6. The number of carbonyl (C=O) groups excluding carboxylic acids is 1. The molecule has 1 unspecified atom stereocenters. The molecule has 2 rings (SSSR count). The van der Waals surface area contributed by atoms with Gasteiger partial charge < -0.3 is 9.30 Å². The van der Waals surface area contributed by atoms with E-state index in [0.717, 1.165) is 18.5 Å². The van der Waals surface area contributed by atoms with Crippen molar-refractivity contribution in [3.8, 4) is 6.07 Å². The van der Waals surface area contributed by atoms with Crippen LogP contribution in [0.2, 0.25) is 50.4 Å². The fraction of sp³-hybridized carbons (Fsp3) is 0.550. The lowest BCUT2D eigenvalue weighted by Crippen LogP contribution is -2.41. The van der Waals surface area contributed by atoms with Gasteiger partial charge in [-0.3, -0.25) is 4.79 Å². The molecule has 0 saturated heterocycles. The summed E-state index contributed by atoms with van der Waals surface area (Å²) in [5.74, 6) is 0.724. The average Bonchev–Trinajstić information content (AvgIpc) is 2.98. The molecule has 1 aromatic heterocycles. The molecule has 1 aromatic rings. The van der Waals surface area contributed by atoms with E-state index in [2.05, 4.69) is 50.3 Å². The zero-order chi connectivity index (χ0) is 20.3. The predicted octanol–water partition coefficient (Wildman–Crippen LogP) is 4.41. The Morgan fingerprint density at radius 2 is 1.96 bits per heavy atom. The minimum absolute atomic E-state index is 0.204. The van der Waals surface area contributed by atoms with Gasteiger partial charge in [-0.15, -0.1) is 0 Å². The van der Waals surface area contributed by atoms with Crippen LogP contribution in [0.1, 0.15) is 5.82 Å². The number of ketones is 1. The number of aromatic nitrogens is 2. The van der Waals surface area contributed by atoms with Gasteiger partial charge in [0.05, 0.1) is 13.6 Å². The standard InChI is InChI=1S/C20H31N3O2Si2/c1-26(2,3)12-11-25-16-23-10-9-22-19(23)14-20(27(4,5)6)8-7-18(24)17(13-20)15-21/h7-10,13H,11-12,14,16H2,1-6H3. The van der Waals surface area contributed by atoms with Crippen molar-refractivity contribution in [2.45, 2.75) is 63.5 Å². The molecule has 1 atom stereocenters. The number of hydrogen-bond donors (Lipinski definition) is 0. The molecule has 1 heterocycles. The second kappa shape index (κ2) is 8.09. The van der Waals surface area contributed by atoms with Crippen LogP contribution in [-0.4, -0.2) is 38.1 Å². The van der Waals surface area contributed by atoms with Gasteiger partial charge in [-0.25, -0.2) is 4.98 Å². The van der Waals surface area contributed by atoms with Crippen molar-refractivity contribution in [2.75, 3.05) is 6.61 Å². The first kappa shape index (κ1) is 21.5. The summed E-state index contributed by atoms with van der Waals surface area (Å²) in [5, 5.41) is 9.04. The average molecular weight is 402 g/mol. The number of imidazole rings is 1. The monoisotopic (exact) mass is 401 g/mol. The Hall–Kier alpha value is -1.76. The van der Waals surface area contributed by atoms with Crippen molar-refractivity contribution in [2.24, 2.45) is 0 Å². The van der Waals surface area contributed by atoms with Gasteiger partial charge in [0, 0.05) is 38.5 Å². The zero-order valence-corrected chi connectivity index (χ0v) is 19.4. The van der Waals surface area contributed by atoms with E-state index in [-0.39, 0.29) is 16.4 Å². The maximum absolute atomic E-state index is 12.0. The Morgan fingerprint density at radius 1 is 1.26 bits per heavy atom. The van der Waals surface area contributed by atoms with Crippen LogP contribution in [0.3, 0.4) is 0 Å². The molecule has 0 saturated carbocycles. The summed E-state index contributed by atoms with van der Waals surface area (Å²) in [4.78, 5) is 16.5. The van der Waals surface area contributed by atoms with Gasteiger partial charge in [0.2, 0.25) is 0 Å². The number of rotatable bonds is 8. The molecule has 1 aliphatic carbocycles. The van der Waals surface area contributed by atoms with Gasteiger partial charge in [-0.2, -0.15) is 5.26 Å². The fourth-order valence-electron chi connectivity index (χ4n) is 3.05. The molecule has 0 radical (unpaired) electrons. The molecule has 0 N–H and O–H groups in total. The van der Waals surface area contributed by atoms with E-state index in [1.54, 1.807) is 12.3 Å². The molecular formula is C20H31N3O2Si2. The smallest absolute Gasteiger partial charge is 0.195 e. The van der Waals surface area contributed by atoms with Crippen LogP contribution in [0.15, 0.2) is 36.2 Å². The summed E-state index contributed by atoms with van der Waals surface area (Å²) in [6.45, 7) is 15.0. The van der Waals surface area contributed by atoms with E-state index in [4.69, 9.17) is 4.74 Å². The predicted molar refractivity (Wildman–Crippen MR) is 114 cm³/mol. The fourth-order valence-corrected chi connectivity index (χ4v) is 5.65. The molecule has 146 valence electrons. The number of hydrogen-bond acceptors (Lipinski definition) is 4. The molecule has 0 spiro atoms. The van der Waals surface area contributed by atoms with Crippen molar-refractivity contribution in [3.05, 3.63) is 42.0 Å². The van der Waals surface area contributed by atoms with Gasteiger partial charge in [0.15, 0.2) is 5.78 Å². The molecule has 0 amide bonds. The van der Waals surface area contributed by atoms with Crippen molar-refractivity contribution in [3.63, 3.8) is 0 Å². The van der Waals surface area contributed by atoms with Crippen LogP contribution in [0.25, 0.3) is 0 Å². The van der Waals surface area contributed by atoms with Gasteiger partial charge in [0.25, 0.3) is 0 Å². The minimum Gasteiger partial charge on any atom is -0.361 e. The van der Waals surface area contributed by atoms with Crippen LogP contribution in [0.5, 0.6) is 0 Å². The molecule has 5 nitrogen and oxygen atoms in total. The molecule has 27 heavy (non-hydrogen) atoms. The van der Waals surface area contributed by atoms with Gasteiger partial charge >= 0.3 is 0 Å². The summed E-state index contributed by atoms with van der Waals surface area (Å²) >= 11 is 0. The van der Waals surface area contributed by atoms with Crippen LogP contribution >= 0.6 is 0 Å². The first-order valence-electron chi connectivity index (χ1n) is 9.42. The lowest BCUT2D eigenvalue weighted by molar-refractivity contribution is -0.111. The summed E-state index contributed by atoms with van der Waals surface area (Å²) in [7, 11) is -2.90. The number of carbonyl (C=O) groups is 1. The molecule has 1 aliphatic rings. The molecule has 0 fully saturated rings. The Balaban J connectivity index is 2.20. The normalized spacial score (nSPS) is 20.5. The van der Waals surface area contributed by atoms with E-state index >= 15 is 0 Å². The Morgan fingerprint density at radius 3 is 2.56 bits per heavy atom. The van der Waals surface area contributed by atoms with Crippen LogP contribution in [0, 0.1) is 11.3 Å². The van der Waals surface area contributed by atoms with E-state index in [9.17, 15) is 10.1 Å². The largest absolute Gasteiger partial charge is 0.361 e. The molecule has 7 heteroatoms. The molecule has 0 aromatic carbocycles. The highest BCUT2D eigenvalue weighted by Gasteiger charge is 2.43. The SMILES string of the molecule is C[Si](C)(C)CCOCn1ccnc1CC1([Si](C)(C)C)C=CC(=O)C(C#N)=C1. The second-order valence-electron chi connectivity index (χ2n) is 9.50. The first-order chi connectivity index (χ1) is 12.5. The third-order valence-electron chi connectivity index (χ3n) is 5.20. The van der Waals surface area contributed by atoms with Crippen LogP contribution in [0.4, 0.5) is 0 Å². The van der Waals surface area contributed by atoms with Crippen molar-refractivity contribution in [1.82, 2.24) is 9.55 Å². The Labute approximate surface area is 164 Å². The van der Waals surface area contributed by atoms with Crippen molar-refractivity contribution in [1.29, 1.82) is 5.26 Å². The number of allylic oxidation sites excluding steroid dienone is 4. The summed E-state index contributed by atoms with van der Waals surface area (Å²) in [5.41, 5.74) is 0.240. The Kier molecular flexibility index (Phi) is 6.45. The highest BCUT2D eigenvalue weighted by Crippen LogP contribution is 2.46. The third kappa shape index (κ3) is 5.37. The third-order valence-corrected chi connectivity index (χ3v) is 10.2. The van der Waals surface area contributed by atoms with E-state index in [1.807, 2.05) is 22.9 Å². The molecular weight excluding hydrogens is 370 g/mol. The van der Waals surface area contributed by atoms with Crippen LogP contribution < -0.4 is 0 Å². The van der Waals surface area contributed by atoms with Crippen molar-refractivity contribution < 1.29 is 9.53 Å². The zero-order valence-electron chi connectivity index (χ0n) is 17.4. The molecule has 0 bridgehead atoms. The van der Waals surface area contributed by atoms with E-state index < -0.39 is 16.1 Å². The Bertz CT molecular complexity index is 791. The number of ether oxygens (including phenoxy) is 1.